The largest absolute Gasteiger partial charge is 0.463 e. The van der Waals surface area contributed by atoms with E-state index >= 15 is 0 Å². The molecule has 2 nitrogen and oxygen atoms in total. The SMILES string of the molecule is CC1(C)[C@@H]2CC=C(COC=O)[C@H]1C2. The minimum atomic E-state index is 0.441. The summed E-state index contributed by atoms with van der Waals surface area (Å²) in [6.45, 7) is 5.68. The van der Waals surface area contributed by atoms with Crippen LogP contribution in [0.1, 0.15) is 26.7 Å². The van der Waals surface area contributed by atoms with Crippen molar-refractivity contribution < 1.29 is 9.53 Å². The number of rotatable bonds is 3. The third-order valence-corrected chi connectivity index (χ3v) is 3.90. The highest BCUT2D eigenvalue weighted by Crippen LogP contribution is 2.59. The van der Waals surface area contributed by atoms with Crippen molar-refractivity contribution in [1.29, 1.82) is 0 Å². The van der Waals surface area contributed by atoms with E-state index in [0.29, 0.717) is 24.4 Å². The van der Waals surface area contributed by atoms with Crippen LogP contribution in [0.3, 0.4) is 0 Å². The third kappa shape index (κ3) is 1.19. The van der Waals surface area contributed by atoms with E-state index in [1.54, 1.807) is 0 Å². The Morgan fingerprint density at radius 3 is 3.00 bits per heavy atom. The predicted molar refractivity (Wildman–Crippen MR) is 50.1 cm³/mol. The summed E-state index contributed by atoms with van der Waals surface area (Å²) in [5.41, 5.74) is 1.77. The number of fused-ring (bicyclic) bond motifs is 1. The Balaban J connectivity index is 2.05. The van der Waals surface area contributed by atoms with E-state index < -0.39 is 0 Å². The van der Waals surface area contributed by atoms with E-state index in [1.165, 1.54) is 18.4 Å². The van der Waals surface area contributed by atoms with Crippen LogP contribution < -0.4 is 0 Å². The van der Waals surface area contributed by atoms with Gasteiger partial charge in [0.2, 0.25) is 0 Å². The van der Waals surface area contributed by atoms with E-state index in [2.05, 4.69) is 19.9 Å². The van der Waals surface area contributed by atoms with Crippen LogP contribution in [0.2, 0.25) is 0 Å². The zero-order valence-corrected chi connectivity index (χ0v) is 8.25. The molecule has 3 aliphatic rings. The first kappa shape index (κ1) is 8.79. The topological polar surface area (TPSA) is 26.3 Å². The van der Waals surface area contributed by atoms with Crippen LogP contribution in [-0.4, -0.2) is 13.1 Å². The molecule has 13 heavy (non-hydrogen) atoms. The van der Waals surface area contributed by atoms with Crippen LogP contribution >= 0.6 is 0 Å². The molecule has 3 aliphatic carbocycles. The van der Waals surface area contributed by atoms with Crippen LogP contribution in [0.25, 0.3) is 0 Å². The van der Waals surface area contributed by atoms with Gasteiger partial charge in [-0.3, -0.25) is 4.79 Å². The summed E-state index contributed by atoms with van der Waals surface area (Å²) in [5.74, 6) is 1.52. The molecule has 0 saturated heterocycles. The van der Waals surface area contributed by atoms with E-state index in [4.69, 9.17) is 4.74 Å². The number of ether oxygens (including phenoxy) is 1. The molecule has 72 valence electrons. The van der Waals surface area contributed by atoms with Crippen LogP contribution in [0.4, 0.5) is 0 Å². The smallest absolute Gasteiger partial charge is 0.293 e. The highest BCUT2D eigenvalue weighted by molar-refractivity contribution is 5.38. The maximum Gasteiger partial charge on any atom is 0.293 e. The number of allylic oxidation sites excluding steroid dienone is 1. The Kier molecular flexibility index (Phi) is 1.94. The molecule has 0 radical (unpaired) electrons. The summed E-state index contributed by atoms with van der Waals surface area (Å²) in [6, 6.07) is 0. The van der Waals surface area contributed by atoms with Crippen molar-refractivity contribution in [3.05, 3.63) is 11.6 Å². The molecule has 3 rings (SSSR count). The van der Waals surface area contributed by atoms with Gasteiger partial charge in [-0.05, 0) is 35.7 Å². The summed E-state index contributed by atoms with van der Waals surface area (Å²) in [7, 11) is 0. The molecule has 1 saturated carbocycles. The standard InChI is InChI=1S/C11H16O2/c1-11(2)9-4-3-8(6-13-7-12)10(11)5-9/h3,7,9-10H,4-6H2,1-2H3/t9-,10-/m1/s1. The predicted octanol–water partition coefficient (Wildman–Crippen LogP) is 2.15. The summed E-state index contributed by atoms with van der Waals surface area (Å²) in [6.07, 6.45) is 4.72. The highest BCUT2D eigenvalue weighted by Gasteiger charge is 2.51. The van der Waals surface area contributed by atoms with Crippen molar-refractivity contribution >= 4 is 6.47 Å². The Bertz CT molecular complexity index is 253. The van der Waals surface area contributed by atoms with E-state index in [0.717, 1.165) is 5.92 Å². The molecule has 0 unspecified atom stereocenters. The Labute approximate surface area is 79.0 Å². The minimum Gasteiger partial charge on any atom is -0.463 e. The van der Waals surface area contributed by atoms with Gasteiger partial charge < -0.3 is 4.74 Å². The molecule has 0 spiro atoms. The Morgan fingerprint density at radius 2 is 2.46 bits per heavy atom. The van der Waals surface area contributed by atoms with Crippen molar-refractivity contribution in [2.75, 3.05) is 6.61 Å². The quantitative estimate of drug-likeness (QED) is 0.491. The van der Waals surface area contributed by atoms with Gasteiger partial charge >= 0.3 is 0 Å². The lowest BCUT2D eigenvalue weighted by Gasteiger charge is -2.56. The second kappa shape index (κ2) is 2.86. The number of hydrogen-bond acceptors (Lipinski definition) is 2. The van der Waals surface area contributed by atoms with Crippen LogP contribution in [0.5, 0.6) is 0 Å². The molecule has 1 fully saturated rings. The van der Waals surface area contributed by atoms with Crippen LogP contribution in [-0.2, 0) is 9.53 Å². The third-order valence-electron chi connectivity index (χ3n) is 3.90. The average molecular weight is 180 g/mol. The van der Waals surface area contributed by atoms with Gasteiger partial charge in [-0.1, -0.05) is 19.9 Å². The van der Waals surface area contributed by atoms with Gasteiger partial charge in [-0.25, -0.2) is 0 Å². The fourth-order valence-electron chi connectivity index (χ4n) is 2.77. The van der Waals surface area contributed by atoms with Gasteiger partial charge in [0.25, 0.3) is 6.47 Å². The molecule has 0 heterocycles. The van der Waals surface area contributed by atoms with Crippen LogP contribution in [0, 0.1) is 17.3 Å². The number of carbonyl (C=O) groups is 1. The first-order chi connectivity index (χ1) is 6.16. The zero-order chi connectivity index (χ0) is 9.47. The van der Waals surface area contributed by atoms with Gasteiger partial charge in [0.1, 0.15) is 6.61 Å². The molecule has 0 aliphatic heterocycles. The molecular formula is C11H16O2. The fraction of sp³-hybridized carbons (Fsp3) is 0.727. The van der Waals surface area contributed by atoms with Crippen LogP contribution in [0.15, 0.2) is 11.6 Å². The van der Waals surface area contributed by atoms with Crippen molar-refractivity contribution in [2.24, 2.45) is 17.3 Å². The maximum absolute atomic E-state index is 10.1. The molecule has 0 aromatic heterocycles. The lowest BCUT2D eigenvalue weighted by atomic mass is 9.49. The second-order valence-electron chi connectivity index (χ2n) is 4.73. The van der Waals surface area contributed by atoms with Gasteiger partial charge in [0.15, 0.2) is 0 Å². The molecule has 0 aromatic rings. The van der Waals surface area contributed by atoms with Gasteiger partial charge in [0.05, 0.1) is 0 Å². The molecular weight excluding hydrogens is 164 g/mol. The number of hydrogen-bond donors (Lipinski definition) is 0. The summed E-state index contributed by atoms with van der Waals surface area (Å²) in [4.78, 5) is 10.1. The maximum atomic E-state index is 10.1. The van der Waals surface area contributed by atoms with E-state index in [1.807, 2.05) is 0 Å². The van der Waals surface area contributed by atoms with Crippen molar-refractivity contribution in [3.63, 3.8) is 0 Å². The second-order valence-corrected chi connectivity index (χ2v) is 4.73. The highest BCUT2D eigenvalue weighted by atomic mass is 16.5. The number of carbonyl (C=O) groups excluding carboxylic acids is 1. The summed E-state index contributed by atoms with van der Waals surface area (Å²) < 4.78 is 4.81. The average Bonchev–Trinajstić information content (AvgIpc) is 2.14. The minimum absolute atomic E-state index is 0.441. The molecule has 2 atom stereocenters. The molecule has 0 amide bonds. The Hall–Kier alpha value is -0.790. The van der Waals surface area contributed by atoms with Gasteiger partial charge in [0, 0.05) is 0 Å². The molecule has 0 N–H and O–H groups in total. The van der Waals surface area contributed by atoms with Gasteiger partial charge in [-0.15, -0.1) is 0 Å². The lowest BCUT2D eigenvalue weighted by molar-refractivity contribution is -0.128. The fourth-order valence-corrected chi connectivity index (χ4v) is 2.77. The first-order valence-electron chi connectivity index (χ1n) is 4.90. The lowest BCUT2D eigenvalue weighted by Crippen LogP contribution is -2.48. The van der Waals surface area contributed by atoms with E-state index in [9.17, 15) is 4.79 Å². The Morgan fingerprint density at radius 1 is 1.69 bits per heavy atom. The van der Waals surface area contributed by atoms with Crippen molar-refractivity contribution in [2.45, 2.75) is 26.7 Å². The van der Waals surface area contributed by atoms with Crippen molar-refractivity contribution in [1.82, 2.24) is 0 Å². The molecule has 0 aromatic carbocycles. The monoisotopic (exact) mass is 180 g/mol. The van der Waals surface area contributed by atoms with Gasteiger partial charge in [-0.2, -0.15) is 0 Å². The molecule has 2 bridgehead atoms. The summed E-state index contributed by atoms with van der Waals surface area (Å²) >= 11 is 0. The van der Waals surface area contributed by atoms with Crippen molar-refractivity contribution in [3.8, 4) is 0 Å². The first-order valence-corrected chi connectivity index (χ1v) is 4.90. The summed E-state index contributed by atoms with van der Waals surface area (Å²) in [5, 5.41) is 0. The normalized spacial score (nSPS) is 34.5. The van der Waals surface area contributed by atoms with E-state index in [-0.39, 0.29) is 0 Å². The zero-order valence-electron chi connectivity index (χ0n) is 8.25. The molecule has 2 heteroatoms.